The third-order valence-corrected chi connectivity index (χ3v) is 2.95. The molecule has 0 aliphatic heterocycles. The highest BCUT2D eigenvalue weighted by molar-refractivity contribution is 7.09. The third kappa shape index (κ3) is 3.49. The number of nitrogens with zero attached hydrogens (tertiary/aromatic N) is 3. The molecule has 0 N–H and O–H groups in total. The summed E-state index contributed by atoms with van der Waals surface area (Å²) in [5, 5.41) is 5.69. The summed E-state index contributed by atoms with van der Waals surface area (Å²) in [5.41, 5.74) is 8.20. The van der Waals surface area contributed by atoms with E-state index in [-0.39, 0.29) is 0 Å². The van der Waals surface area contributed by atoms with Crippen molar-refractivity contribution in [2.45, 2.75) is 19.8 Å². The Morgan fingerprint density at radius 2 is 2.54 bits per heavy atom. The van der Waals surface area contributed by atoms with Gasteiger partial charge in [0.2, 0.25) is 0 Å². The van der Waals surface area contributed by atoms with Crippen LogP contribution in [0.3, 0.4) is 0 Å². The Kier molecular flexibility index (Phi) is 4.36. The second kappa shape index (κ2) is 5.62. The molecular weight excluding hydrogens is 182 g/mol. The van der Waals surface area contributed by atoms with Crippen molar-refractivity contribution >= 4 is 11.3 Å². The van der Waals surface area contributed by atoms with Crippen molar-refractivity contribution in [3.8, 4) is 0 Å². The number of rotatable bonds is 5. The second-order valence-corrected chi connectivity index (χ2v) is 4.00. The molecule has 0 bridgehead atoms. The van der Waals surface area contributed by atoms with Crippen molar-refractivity contribution in [3.63, 3.8) is 0 Å². The molecule has 1 rings (SSSR count). The zero-order valence-electron chi connectivity index (χ0n) is 7.68. The van der Waals surface area contributed by atoms with Crippen LogP contribution in [-0.4, -0.2) is 6.54 Å². The van der Waals surface area contributed by atoms with Gasteiger partial charge in [0.25, 0.3) is 0 Å². The Hall–Kier alpha value is -0.990. The lowest BCUT2D eigenvalue weighted by atomic mass is 10.0. The van der Waals surface area contributed by atoms with Gasteiger partial charge in [-0.1, -0.05) is 24.5 Å². The molecule has 0 aliphatic rings. The first kappa shape index (κ1) is 10.1. The minimum Gasteiger partial charge on any atom is -0.149 e. The Morgan fingerprint density at radius 1 is 1.69 bits per heavy atom. The molecule has 4 heteroatoms. The molecule has 70 valence electrons. The van der Waals surface area contributed by atoms with Gasteiger partial charge in [-0.05, 0) is 29.3 Å². The lowest BCUT2D eigenvalue weighted by Gasteiger charge is -2.09. The maximum atomic E-state index is 8.20. The SMILES string of the molecule is CCC(CN=[N+]=[N-])Cc1cccs1. The molecule has 0 fully saturated rings. The van der Waals surface area contributed by atoms with Gasteiger partial charge < -0.3 is 0 Å². The number of thiophene rings is 1. The van der Waals surface area contributed by atoms with E-state index in [4.69, 9.17) is 5.53 Å². The van der Waals surface area contributed by atoms with Gasteiger partial charge in [0, 0.05) is 16.3 Å². The first-order chi connectivity index (χ1) is 6.36. The lowest BCUT2D eigenvalue weighted by Crippen LogP contribution is -2.05. The quantitative estimate of drug-likeness (QED) is 0.391. The van der Waals surface area contributed by atoms with Gasteiger partial charge >= 0.3 is 0 Å². The van der Waals surface area contributed by atoms with Crippen molar-refractivity contribution in [1.29, 1.82) is 0 Å². The lowest BCUT2D eigenvalue weighted by molar-refractivity contribution is 0.521. The topological polar surface area (TPSA) is 48.8 Å². The first-order valence-electron chi connectivity index (χ1n) is 4.40. The van der Waals surface area contributed by atoms with Crippen LogP contribution in [0.5, 0.6) is 0 Å². The molecule has 0 saturated carbocycles. The Bertz CT molecular complexity index is 275. The van der Waals surface area contributed by atoms with Crippen LogP contribution < -0.4 is 0 Å². The summed E-state index contributed by atoms with van der Waals surface area (Å²) >= 11 is 1.77. The van der Waals surface area contributed by atoms with Crippen molar-refractivity contribution in [1.82, 2.24) is 0 Å². The highest BCUT2D eigenvalue weighted by atomic mass is 32.1. The smallest absolute Gasteiger partial charge is 0.0289 e. The first-order valence-corrected chi connectivity index (χ1v) is 5.28. The molecular formula is C9H13N3S. The average molecular weight is 195 g/mol. The summed E-state index contributed by atoms with van der Waals surface area (Å²) < 4.78 is 0. The minimum atomic E-state index is 0.495. The maximum absolute atomic E-state index is 8.20. The molecule has 1 atom stereocenters. The normalized spacial score (nSPS) is 12.1. The predicted octanol–water partition coefficient (Wildman–Crippen LogP) is 3.63. The maximum Gasteiger partial charge on any atom is 0.0289 e. The Balaban J connectivity index is 2.44. The van der Waals surface area contributed by atoms with E-state index < -0.39 is 0 Å². The van der Waals surface area contributed by atoms with Crippen LogP contribution in [0.2, 0.25) is 0 Å². The fraction of sp³-hybridized carbons (Fsp3) is 0.556. The molecule has 0 amide bonds. The third-order valence-electron chi connectivity index (χ3n) is 2.05. The molecule has 1 aromatic heterocycles. The van der Waals surface area contributed by atoms with Gasteiger partial charge in [0.15, 0.2) is 0 Å². The molecule has 1 unspecified atom stereocenters. The molecule has 0 radical (unpaired) electrons. The number of azide groups is 1. The summed E-state index contributed by atoms with van der Waals surface area (Å²) in [5.74, 6) is 0.495. The highest BCUT2D eigenvalue weighted by Gasteiger charge is 2.06. The molecule has 13 heavy (non-hydrogen) atoms. The van der Waals surface area contributed by atoms with E-state index >= 15 is 0 Å². The van der Waals surface area contributed by atoms with Crippen LogP contribution in [-0.2, 0) is 6.42 Å². The average Bonchev–Trinajstić information content (AvgIpc) is 2.64. The summed E-state index contributed by atoms with van der Waals surface area (Å²) in [6.45, 7) is 2.75. The van der Waals surface area contributed by atoms with Crippen LogP contribution in [0.25, 0.3) is 10.4 Å². The van der Waals surface area contributed by atoms with Crippen LogP contribution in [0, 0.1) is 5.92 Å². The van der Waals surface area contributed by atoms with Crippen LogP contribution in [0.1, 0.15) is 18.2 Å². The standard InChI is InChI=1S/C9H13N3S/c1-2-8(7-11-12-10)6-9-4-3-5-13-9/h3-5,8H,2,6-7H2,1H3. The van der Waals surface area contributed by atoms with Crippen molar-refractivity contribution < 1.29 is 0 Å². The van der Waals surface area contributed by atoms with Crippen molar-refractivity contribution in [2.75, 3.05) is 6.54 Å². The van der Waals surface area contributed by atoms with Gasteiger partial charge in [-0.25, -0.2) is 0 Å². The van der Waals surface area contributed by atoms with Gasteiger partial charge in [-0.3, -0.25) is 0 Å². The van der Waals surface area contributed by atoms with Crippen LogP contribution in [0.4, 0.5) is 0 Å². The van der Waals surface area contributed by atoms with Crippen molar-refractivity contribution in [3.05, 3.63) is 32.8 Å². The highest BCUT2D eigenvalue weighted by Crippen LogP contribution is 2.17. The van der Waals surface area contributed by atoms with E-state index in [2.05, 4.69) is 34.5 Å². The second-order valence-electron chi connectivity index (χ2n) is 2.97. The number of hydrogen-bond donors (Lipinski definition) is 0. The molecule has 0 aliphatic carbocycles. The van der Waals surface area contributed by atoms with Crippen LogP contribution in [0.15, 0.2) is 22.6 Å². The molecule has 1 heterocycles. The van der Waals surface area contributed by atoms with E-state index in [1.54, 1.807) is 11.3 Å². The Labute approximate surface area is 82.0 Å². The van der Waals surface area contributed by atoms with E-state index in [0.717, 1.165) is 12.8 Å². The largest absolute Gasteiger partial charge is 0.149 e. The number of hydrogen-bond acceptors (Lipinski definition) is 2. The summed E-state index contributed by atoms with van der Waals surface area (Å²) in [7, 11) is 0. The molecule has 0 saturated heterocycles. The fourth-order valence-corrected chi connectivity index (χ4v) is 2.02. The van der Waals surface area contributed by atoms with Crippen LogP contribution >= 0.6 is 11.3 Å². The molecule has 0 spiro atoms. The fourth-order valence-electron chi connectivity index (χ4n) is 1.20. The van der Waals surface area contributed by atoms with E-state index in [1.165, 1.54) is 4.88 Å². The van der Waals surface area contributed by atoms with Gasteiger partial charge in [0.05, 0.1) is 0 Å². The molecule has 3 nitrogen and oxygen atoms in total. The Morgan fingerprint density at radius 3 is 3.08 bits per heavy atom. The van der Waals surface area contributed by atoms with E-state index in [9.17, 15) is 0 Å². The van der Waals surface area contributed by atoms with E-state index in [1.807, 2.05) is 0 Å². The van der Waals surface area contributed by atoms with Gasteiger partial charge in [-0.15, -0.1) is 11.3 Å². The zero-order chi connectivity index (χ0) is 9.52. The van der Waals surface area contributed by atoms with Gasteiger partial charge in [-0.2, -0.15) is 0 Å². The van der Waals surface area contributed by atoms with Crippen molar-refractivity contribution in [2.24, 2.45) is 11.0 Å². The summed E-state index contributed by atoms with van der Waals surface area (Å²) in [4.78, 5) is 4.16. The predicted molar refractivity (Wildman–Crippen MR) is 55.8 cm³/mol. The minimum absolute atomic E-state index is 0.495. The zero-order valence-corrected chi connectivity index (χ0v) is 8.50. The molecule has 1 aromatic rings. The summed E-state index contributed by atoms with van der Waals surface area (Å²) in [6, 6.07) is 4.18. The molecule has 0 aromatic carbocycles. The van der Waals surface area contributed by atoms with E-state index in [0.29, 0.717) is 12.5 Å². The summed E-state index contributed by atoms with van der Waals surface area (Å²) in [6.07, 6.45) is 2.10. The monoisotopic (exact) mass is 195 g/mol. The van der Waals surface area contributed by atoms with Gasteiger partial charge in [0.1, 0.15) is 0 Å².